The van der Waals surface area contributed by atoms with Crippen LogP contribution in [0.2, 0.25) is 0 Å². The Kier molecular flexibility index (Phi) is 2.75. The Labute approximate surface area is 95.0 Å². The molecule has 1 aliphatic carbocycles. The Bertz CT molecular complexity index is 495. The first kappa shape index (κ1) is 11.4. The van der Waals surface area contributed by atoms with Crippen molar-refractivity contribution in [2.75, 3.05) is 0 Å². The Morgan fingerprint density at radius 1 is 1.12 bits per heavy atom. The van der Waals surface area contributed by atoms with Crippen LogP contribution >= 0.6 is 0 Å². The molecule has 1 aromatic carbocycles. The molecule has 1 aliphatic rings. The van der Waals surface area contributed by atoms with Gasteiger partial charge in [-0.05, 0) is 24.3 Å². The molecule has 0 amide bonds. The number of carbonyl (C=O) groups is 1. The van der Waals surface area contributed by atoms with Gasteiger partial charge in [-0.1, -0.05) is 18.2 Å². The van der Waals surface area contributed by atoms with E-state index in [1.165, 1.54) is 12.1 Å². The maximum Gasteiger partial charge on any atom is 0.573 e. The van der Waals surface area contributed by atoms with Crippen LogP contribution in [-0.2, 0) is 0 Å². The highest BCUT2D eigenvalue weighted by atomic mass is 19.4. The molecule has 0 atom stereocenters. The third-order valence-electron chi connectivity index (χ3n) is 2.16. The van der Waals surface area contributed by atoms with E-state index < -0.39 is 6.36 Å². The predicted octanol–water partition coefficient (Wildman–Crippen LogP) is 3.26. The molecule has 0 bridgehead atoms. The number of Topliss-reactive ketones (excluding diaryl/α,β-unsaturated/α-hetero) is 1. The highest BCUT2D eigenvalue weighted by Crippen LogP contribution is 2.24. The molecule has 0 radical (unpaired) electrons. The summed E-state index contributed by atoms with van der Waals surface area (Å²) < 4.78 is 39.4. The molecule has 0 aliphatic heterocycles. The summed E-state index contributed by atoms with van der Waals surface area (Å²) in [7, 11) is 0. The third kappa shape index (κ3) is 2.75. The van der Waals surface area contributed by atoms with Crippen LogP contribution < -0.4 is 4.74 Å². The molecule has 0 spiro atoms. The van der Waals surface area contributed by atoms with Crippen molar-refractivity contribution < 1.29 is 22.7 Å². The van der Waals surface area contributed by atoms with E-state index in [1.807, 2.05) is 0 Å². The Morgan fingerprint density at radius 3 is 2.12 bits per heavy atom. The highest BCUT2D eigenvalue weighted by Gasteiger charge is 2.31. The van der Waals surface area contributed by atoms with Gasteiger partial charge in [-0.25, -0.2) is 0 Å². The van der Waals surface area contributed by atoms with Crippen LogP contribution in [0.4, 0.5) is 13.2 Å². The lowest BCUT2D eigenvalue weighted by atomic mass is 9.98. The molecule has 0 saturated heterocycles. The van der Waals surface area contributed by atoms with Crippen LogP contribution in [0.25, 0.3) is 0 Å². The zero-order chi connectivity index (χ0) is 12.5. The lowest BCUT2D eigenvalue weighted by molar-refractivity contribution is -0.274. The number of allylic oxidation sites excluding steroid dienone is 4. The van der Waals surface area contributed by atoms with E-state index in [0.29, 0.717) is 11.1 Å². The normalized spacial score (nSPS) is 13.9. The zero-order valence-electron chi connectivity index (χ0n) is 8.49. The van der Waals surface area contributed by atoms with Crippen LogP contribution in [0.3, 0.4) is 0 Å². The SMILES string of the molecule is O=C(C1=CC=C1)c1ccc(OC(F)(F)F)cc1. The van der Waals surface area contributed by atoms with Gasteiger partial charge in [0, 0.05) is 11.1 Å². The summed E-state index contributed by atoms with van der Waals surface area (Å²) in [5.41, 5.74) is 0.865. The molecular weight excluding hydrogens is 233 g/mol. The summed E-state index contributed by atoms with van der Waals surface area (Å²) >= 11 is 0. The van der Waals surface area contributed by atoms with Gasteiger partial charge in [-0.2, -0.15) is 0 Å². The topological polar surface area (TPSA) is 26.3 Å². The molecule has 0 N–H and O–H groups in total. The Hall–Kier alpha value is -2.04. The van der Waals surface area contributed by atoms with E-state index in [9.17, 15) is 18.0 Å². The fraction of sp³-hybridized carbons (Fsp3) is 0.0833. The fourth-order valence-corrected chi connectivity index (χ4v) is 1.32. The molecule has 0 aromatic heterocycles. The number of hydrogen-bond acceptors (Lipinski definition) is 2. The summed E-state index contributed by atoms with van der Waals surface area (Å²) in [6.07, 6.45) is 0.282. The first-order valence-electron chi connectivity index (χ1n) is 4.74. The van der Waals surface area contributed by atoms with E-state index in [1.54, 1.807) is 18.2 Å². The maximum atomic E-state index is 11.9. The molecule has 0 fully saturated rings. The second kappa shape index (κ2) is 4.08. The van der Waals surface area contributed by atoms with Gasteiger partial charge in [-0.3, -0.25) is 4.79 Å². The van der Waals surface area contributed by atoms with Crippen molar-refractivity contribution in [1.82, 2.24) is 0 Å². The van der Waals surface area contributed by atoms with Crippen molar-refractivity contribution in [3.8, 4) is 5.75 Å². The number of ether oxygens (including phenoxy) is 1. The largest absolute Gasteiger partial charge is 0.573 e. The minimum absolute atomic E-state index is 0.217. The van der Waals surface area contributed by atoms with E-state index >= 15 is 0 Å². The summed E-state index contributed by atoms with van der Waals surface area (Å²) in [6, 6.07) is 4.83. The lowest BCUT2D eigenvalue weighted by Gasteiger charge is -2.10. The van der Waals surface area contributed by atoms with Gasteiger partial charge in [0.25, 0.3) is 0 Å². The van der Waals surface area contributed by atoms with Crippen molar-refractivity contribution >= 4 is 5.78 Å². The average molecular weight is 240 g/mol. The van der Waals surface area contributed by atoms with E-state index in [0.717, 1.165) is 12.1 Å². The standard InChI is InChI=1S/C12H7F3O2/c13-12(14,15)17-10-6-4-9(5-7-10)11(16)8-2-1-3-8/h1-7H. The Balaban J connectivity index is 2.10. The number of halogens is 3. The quantitative estimate of drug-likeness (QED) is 0.758. The van der Waals surface area contributed by atoms with Crippen LogP contribution in [0, 0.1) is 0 Å². The predicted molar refractivity (Wildman–Crippen MR) is 54.7 cm³/mol. The highest BCUT2D eigenvalue weighted by molar-refractivity contribution is 6.11. The molecule has 0 saturated carbocycles. The fourth-order valence-electron chi connectivity index (χ4n) is 1.32. The lowest BCUT2D eigenvalue weighted by Crippen LogP contribution is -2.17. The molecule has 5 heteroatoms. The third-order valence-corrected chi connectivity index (χ3v) is 2.16. The van der Waals surface area contributed by atoms with Crippen LogP contribution in [0.15, 0.2) is 48.1 Å². The van der Waals surface area contributed by atoms with Crippen molar-refractivity contribution in [2.45, 2.75) is 6.36 Å². The molecule has 2 nitrogen and oxygen atoms in total. The summed E-state index contributed by atoms with van der Waals surface area (Å²) in [4.78, 5) is 11.6. The average Bonchev–Trinajstić information content (AvgIpc) is 2.13. The number of carbonyl (C=O) groups excluding carboxylic acids is 1. The second-order valence-electron chi connectivity index (χ2n) is 3.38. The molecule has 2 rings (SSSR count). The summed E-state index contributed by atoms with van der Waals surface area (Å²) in [6.45, 7) is 0. The van der Waals surface area contributed by atoms with Crippen molar-refractivity contribution in [3.05, 3.63) is 53.6 Å². The molecule has 88 valence electrons. The van der Waals surface area contributed by atoms with E-state index in [-0.39, 0.29) is 11.5 Å². The Morgan fingerprint density at radius 2 is 1.71 bits per heavy atom. The number of alkyl halides is 3. The summed E-state index contributed by atoms with van der Waals surface area (Å²) in [5.74, 6) is -0.557. The van der Waals surface area contributed by atoms with Gasteiger partial charge in [-0.15, -0.1) is 13.2 Å². The molecule has 0 heterocycles. The van der Waals surface area contributed by atoms with Gasteiger partial charge >= 0.3 is 6.36 Å². The van der Waals surface area contributed by atoms with Crippen LogP contribution in [0.1, 0.15) is 10.4 Å². The van der Waals surface area contributed by atoms with Gasteiger partial charge in [0.1, 0.15) is 5.75 Å². The van der Waals surface area contributed by atoms with Crippen molar-refractivity contribution in [1.29, 1.82) is 0 Å². The minimum atomic E-state index is -4.72. The second-order valence-corrected chi connectivity index (χ2v) is 3.38. The van der Waals surface area contributed by atoms with Gasteiger partial charge in [0.2, 0.25) is 0 Å². The minimum Gasteiger partial charge on any atom is -0.406 e. The number of rotatable bonds is 3. The van der Waals surface area contributed by atoms with Gasteiger partial charge in [0.05, 0.1) is 0 Å². The number of hydrogen-bond donors (Lipinski definition) is 0. The number of benzene rings is 1. The van der Waals surface area contributed by atoms with Crippen LogP contribution in [0.5, 0.6) is 5.75 Å². The molecule has 1 aromatic rings. The van der Waals surface area contributed by atoms with Gasteiger partial charge < -0.3 is 4.74 Å². The molecule has 17 heavy (non-hydrogen) atoms. The summed E-state index contributed by atoms with van der Waals surface area (Å²) in [5, 5.41) is 0. The van der Waals surface area contributed by atoms with Crippen molar-refractivity contribution in [2.24, 2.45) is 0 Å². The number of ketones is 1. The maximum absolute atomic E-state index is 11.9. The van der Waals surface area contributed by atoms with E-state index in [2.05, 4.69) is 4.74 Å². The van der Waals surface area contributed by atoms with Crippen molar-refractivity contribution in [3.63, 3.8) is 0 Å². The first-order chi connectivity index (χ1) is 7.96. The van der Waals surface area contributed by atoms with Gasteiger partial charge in [0.15, 0.2) is 5.78 Å². The first-order valence-corrected chi connectivity index (χ1v) is 4.74. The van der Waals surface area contributed by atoms with E-state index in [4.69, 9.17) is 0 Å². The molecular formula is C12H7F3O2. The zero-order valence-corrected chi connectivity index (χ0v) is 8.49. The monoisotopic (exact) mass is 240 g/mol. The van der Waals surface area contributed by atoms with Crippen LogP contribution in [-0.4, -0.2) is 12.1 Å². The smallest absolute Gasteiger partial charge is 0.406 e. The molecule has 0 unspecified atom stereocenters.